The number of hydrazine groups is 1. The van der Waals surface area contributed by atoms with Gasteiger partial charge >= 0.3 is 0 Å². The predicted octanol–water partition coefficient (Wildman–Crippen LogP) is 2.43. The maximum Gasteiger partial charge on any atom is 0.153 e. The van der Waals surface area contributed by atoms with Crippen molar-refractivity contribution in [2.45, 2.75) is 25.7 Å². The molecule has 0 aromatic carbocycles. The van der Waals surface area contributed by atoms with Crippen LogP contribution in [-0.2, 0) is 0 Å². The molecule has 0 spiro atoms. The summed E-state index contributed by atoms with van der Waals surface area (Å²) in [6.07, 6.45) is 12.7. The zero-order valence-electron chi connectivity index (χ0n) is 13.6. The van der Waals surface area contributed by atoms with Crippen LogP contribution < -0.4 is 16.2 Å². The van der Waals surface area contributed by atoms with Gasteiger partial charge in [0.25, 0.3) is 0 Å². The Morgan fingerprint density at radius 1 is 1.00 bits per heavy atom. The SMILES string of the molecule is C1=CCNC(/N=C2\NNC(=Nc3ccccn3)C3CCCCC23)=C1. The molecular weight excluding hydrogens is 300 g/mol. The van der Waals surface area contributed by atoms with Gasteiger partial charge in [0, 0.05) is 24.6 Å². The average molecular weight is 322 g/mol. The van der Waals surface area contributed by atoms with E-state index in [0.29, 0.717) is 11.8 Å². The molecule has 3 heterocycles. The molecule has 24 heavy (non-hydrogen) atoms. The van der Waals surface area contributed by atoms with Crippen LogP contribution in [0.4, 0.5) is 5.82 Å². The summed E-state index contributed by atoms with van der Waals surface area (Å²) >= 11 is 0. The Labute approximate surface area is 141 Å². The highest BCUT2D eigenvalue weighted by Crippen LogP contribution is 2.33. The van der Waals surface area contributed by atoms with Gasteiger partial charge in [-0.2, -0.15) is 0 Å². The maximum atomic E-state index is 4.79. The van der Waals surface area contributed by atoms with E-state index >= 15 is 0 Å². The van der Waals surface area contributed by atoms with Gasteiger partial charge in [-0.1, -0.05) is 31.1 Å². The lowest BCUT2D eigenvalue weighted by Crippen LogP contribution is -2.57. The van der Waals surface area contributed by atoms with Gasteiger partial charge in [-0.25, -0.2) is 15.0 Å². The molecule has 1 saturated carbocycles. The Bertz CT molecular complexity index is 703. The van der Waals surface area contributed by atoms with Crippen LogP contribution in [0.3, 0.4) is 0 Å². The number of pyridine rings is 1. The summed E-state index contributed by atoms with van der Waals surface area (Å²) in [6.45, 7) is 0.830. The molecule has 0 amide bonds. The van der Waals surface area contributed by atoms with Crippen LogP contribution in [0, 0.1) is 11.8 Å². The van der Waals surface area contributed by atoms with Gasteiger partial charge in [-0.3, -0.25) is 10.9 Å². The summed E-state index contributed by atoms with van der Waals surface area (Å²) in [4.78, 5) is 13.8. The molecule has 3 aliphatic rings. The second-order valence-electron chi connectivity index (χ2n) is 6.29. The lowest BCUT2D eigenvalue weighted by Gasteiger charge is -2.38. The van der Waals surface area contributed by atoms with Gasteiger partial charge in [-0.05, 0) is 31.1 Å². The van der Waals surface area contributed by atoms with Crippen molar-refractivity contribution in [1.29, 1.82) is 0 Å². The minimum absolute atomic E-state index is 0.375. The van der Waals surface area contributed by atoms with Gasteiger partial charge in [-0.15, -0.1) is 0 Å². The molecular formula is C18H22N6. The molecule has 0 radical (unpaired) electrons. The number of rotatable bonds is 2. The zero-order valence-corrected chi connectivity index (χ0v) is 13.6. The smallest absolute Gasteiger partial charge is 0.153 e. The minimum Gasteiger partial charge on any atom is -0.367 e. The summed E-state index contributed by atoms with van der Waals surface area (Å²) < 4.78 is 0. The van der Waals surface area contributed by atoms with Crippen LogP contribution >= 0.6 is 0 Å². The van der Waals surface area contributed by atoms with Gasteiger partial charge < -0.3 is 5.32 Å². The molecule has 2 fully saturated rings. The highest BCUT2D eigenvalue weighted by molar-refractivity contribution is 5.99. The fourth-order valence-electron chi connectivity index (χ4n) is 3.52. The number of fused-ring (bicyclic) bond motifs is 1. The first-order valence-electron chi connectivity index (χ1n) is 8.61. The van der Waals surface area contributed by atoms with Crippen LogP contribution in [0.15, 0.2) is 58.4 Å². The van der Waals surface area contributed by atoms with Crippen molar-refractivity contribution in [1.82, 2.24) is 21.2 Å². The largest absolute Gasteiger partial charge is 0.367 e. The van der Waals surface area contributed by atoms with Crippen molar-refractivity contribution >= 4 is 17.5 Å². The molecule has 1 aliphatic carbocycles. The summed E-state index contributed by atoms with van der Waals surface area (Å²) in [5.74, 6) is 4.40. The summed E-state index contributed by atoms with van der Waals surface area (Å²) in [5.41, 5.74) is 6.54. The molecule has 124 valence electrons. The third kappa shape index (κ3) is 3.18. The van der Waals surface area contributed by atoms with E-state index in [2.05, 4.69) is 27.2 Å². The Kier molecular flexibility index (Phi) is 4.27. The second kappa shape index (κ2) is 6.86. The van der Waals surface area contributed by atoms with Gasteiger partial charge in [0.2, 0.25) is 0 Å². The molecule has 0 bridgehead atoms. The summed E-state index contributed by atoms with van der Waals surface area (Å²) in [7, 11) is 0. The van der Waals surface area contributed by atoms with E-state index in [0.717, 1.165) is 42.7 Å². The first-order chi connectivity index (χ1) is 11.9. The molecule has 2 unspecified atom stereocenters. The van der Waals surface area contributed by atoms with Gasteiger partial charge in [0.15, 0.2) is 5.82 Å². The number of nitrogens with zero attached hydrogens (tertiary/aromatic N) is 3. The number of hydrogen-bond donors (Lipinski definition) is 3. The second-order valence-corrected chi connectivity index (χ2v) is 6.29. The first kappa shape index (κ1) is 14.9. The molecule has 4 rings (SSSR count). The number of amidine groups is 2. The van der Waals surface area contributed by atoms with Crippen LogP contribution in [0.2, 0.25) is 0 Å². The topological polar surface area (TPSA) is 73.7 Å². The predicted molar refractivity (Wildman–Crippen MR) is 95.7 cm³/mol. The molecule has 6 heteroatoms. The van der Waals surface area contributed by atoms with Crippen molar-refractivity contribution in [3.05, 3.63) is 48.4 Å². The average Bonchev–Trinajstić information content (AvgIpc) is 2.65. The number of dihydropyridines is 1. The highest BCUT2D eigenvalue weighted by atomic mass is 15.4. The Hall–Kier alpha value is -2.63. The molecule has 2 atom stereocenters. The van der Waals surface area contributed by atoms with E-state index in [9.17, 15) is 0 Å². The number of nitrogens with one attached hydrogen (secondary N) is 3. The van der Waals surface area contributed by atoms with E-state index in [-0.39, 0.29) is 0 Å². The van der Waals surface area contributed by atoms with E-state index in [1.165, 1.54) is 12.8 Å². The monoisotopic (exact) mass is 322 g/mol. The highest BCUT2D eigenvalue weighted by Gasteiger charge is 2.37. The van der Waals surface area contributed by atoms with Crippen molar-refractivity contribution in [2.24, 2.45) is 21.8 Å². The van der Waals surface area contributed by atoms with Gasteiger partial charge in [0.05, 0.1) is 0 Å². The van der Waals surface area contributed by atoms with Crippen molar-refractivity contribution in [3.63, 3.8) is 0 Å². The quantitative estimate of drug-likeness (QED) is 0.782. The van der Waals surface area contributed by atoms with Gasteiger partial charge in [0.1, 0.15) is 17.5 Å². The van der Waals surface area contributed by atoms with E-state index in [1.54, 1.807) is 6.20 Å². The van der Waals surface area contributed by atoms with Crippen LogP contribution in [-0.4, -0.2) is 23.2 Å². The van der Waals surface area contributed by atoms with E-state index in [4.69, 9.17) is 9.98 Å². The van der Waals surface area contributed by atoms with Crippen molar-refractivity contribution in [3.8, 4) is 0 Å². The summed E-state index contributed by atoms with van der Waals surface area (Å²) in [6, 6.07) is 5.80. The summed E-state index contributed by atoms with van der Waals surface area (Å²) in [5, 5.41) is 3.29. The lowest BCUT2D eigenvalue weighted by atomic mass is 9.77. The first-order valence-corrected chi connectivity index (χ1v) is 8.61. The molecule has 6 nitrogen and oxygen atoms in total. The number of aromatic nitrogens is 1. The molecule has 1 saturated heterocycles. The lowest BCUT2D eigenvalue weighted by molar-refractivity contribution is 0.346. The van der Waals surface area contributed by atoms with Crippen LogP contribution in [0.5, 0.6) is 0 Å². The standard InChI is InChI=1S/C18H22N6/c1-2-8-14-13(7-1)17(21-15-9-3-5-11-19-15)23-24-18(14)22-16-10-4-6-12-20-16/h3-6,9-11,13-14,20H,1-2,7-8,12H2,(H,22,24)(H,19,21,23). The third-order valence-corrected chi connectivity index (χ3v) is 4.70. The molecule has 1 aromatic heterocycles. The van der Waals surface area contributed by atoms with Crippen molar-refractivity contribution in [2.75, 3.05) is 6.54 Å². The Morgan fingerprint density at radius 3 is 2.46 bits per heavy atom. The Morgan fingerprint density at radius 2 is 1.79 bits per heavy atom. The minimum atomic E-state index is 0.375. The zero-order chi connectivity index (χ0) is 16.2. The number of allylic oxidation sites excluding steroid dienone is 2. The van der Waals surface area contributed by atoms with Crippen LogP contribution in [0.1, 0.15) is 25.7 Å². The number of hydrogen-bond acceptors (Lipinski definition) is 4. The maximum absolute atomic E-state index is 4.79. The van der Waals surface area contributed by atoms with Crippen LogP contribution in [0.25, 0.3) is 0 Å². The molecule has 1 aromatic rings. The fraction of sp³-hybridized carbons (Fsp3) is 0.389. The molecule has 2 aliphatic heterocycles. The fourth-order valence-corrected chi connectivity index (χ4v) is 3.52. The van der Waals surface area contributed by atoms with E-state index in [1.807, 2.05) is 30.4 Å². The normalized spacial score (nSPS) is 29.2. The molecule has 3 N–H and O–H groups in total. The third-order valence-electron chi connectivity index (χ3n) is 4.70. The van der Waals surface area contributed by atoms with Crippen molar-refractivity contribution < 1.29 is 0 Å². The Balaban J connectivity index is 1.60. The number of aliphatic imine (C=N–C) groups is 2. The van der Waals surface area contributed by atoms with E-state index < -0.39 is 0 Å².